The number of nitrogens with one attached hydrogen (secondary N) is 1. The Morgan fingerprint density at radius 3 is 2.56 bits per heavy atom. The van der Waals surface area contributed by atoms with Gasteiger partial charge in [0.2, 0.25) is 0 Å². The van der Waals surface area contributed by atoms with Crippen molar-refractivity contribution >= 4 is 27.3 Å². The SMILES string of the molecule is CNC(c1cc(C)c(Br)s1)c1cc(C)ccc1F. The number of thiophene rings is 1. The molecule has 2 aromatic rings. The lowest BCUT2D eigenvalue weighted by atomic mass is 10.0. The van der Waals surface area contributed by atoms with Crippen LogP contribution in [0.25, 0.3) is 0 Å². The third-order valence-corrected chi connectivity index (χ3v) is 5.11. The lowest BCUT2D eigenvalue weighted by molar-refractivity contribution is 0.578. The maximum absolute atomic E-state index is 14.0. The van der Waals surface area contributed by atoms with Gasteiger partial charge in [-0.2, -0.15) is 0 Å². The molecule has 0 aliphatic heterocycles. The van der Waals surface area contributed by atoms with Crippen molar-refractivity contribution in [3.63, 3.8) is 0 Å². The lowest BCUT2D eigenvalue weighted by Crippen LogP contribution is -2.18. The number of hydrogen-bond acceptors (Lipinski definition) is 2. The van der Waals surface area contributed by atoms with Crippen LogP contribution in [0.4, 0.5) is 4.39 Å². The van der Waals surface area contributed by atoms with Crippen LogP contribution in [0, 0.1) is 19.7 Å². The highest BCUT2D eigenvalue weighted by Gasteiger charge is 2.19. The zero-order chi connectivity index (χ0) is 13.3. The molecule has 4 heteroatoms. The summed E-state index contributed by atoms with van der Waals surface area (Å²) >= 11 is 5.16. The minimum Gasteiger partial charge on any atom is -0.309 e. The standard InChI is InChI=1S/C14H15BrFNS/c1-8-4-5-11(16)10(6-8)13(17-3)12-7-9(2)14(15)18-12/h4-7,13,17H,1-3H3. The zero-order valence-corrected chi connectivity index (χ0v) is 13.0. The topological polar surface area (TPSA) is 12.0 Å². The fourth-order valence-electron chi connectivity index (χ4n) is 1.96. The molecule has 2 rings (SSSR count). The predicted octanol–water partition coefficient (Wildman–Crippen LogP) is 4.58. The van der Waals surface area contributed by atoms with Gasteiger partial charge in [-0.15, -0.1) is 11.3 Å². The van der Waals surface area contributed by atoms with E-state index in [1.165, 1.54) is 11.6 Å². The van der Waals surface area contributed by atoms with Crippen molar-refractivity contribution in [3.8, 4) is 0 Å². The zero-order valence-electron chi connectivity index (χ0n) is 10.6. The summed E-state index contributed by atoms with van der Waals surface area (Å²) in [5, 5.41) is 3.19. The van der Waals surface area contributed by atoms with E-state index >= 15 is 0 Å². The molecule has 1 aromatic heterocycles. The molecule has 0 aliphatic carbocycles. The van der Waals surface area contributed by atoms with Crippen LogP contribution in [0.1, 0.15) is 27.6 Å². The molecule has 0 fully saturated rings. The van der Waals surface area contributed by atoms with Crippen LogP contribution in [-0.4, -0.2) is 7.05 Å². The van der Waals surface area contributed by atoms with Crippen LogP contribution in [0.2, 0.25) is 0 Å². The summed E-state index contributed by atoms with van der Waals surface area (Å²) in [4.78, 5) is 1.12. The second-order valence-corrected chi connectivity index (χ2v) is 6.75. The maximum atomic E-state index is 14.0. The summed E-state index contributed by atoms with van der Waals surface area (Å²) in [5.74, 6) is -0.165. The van der Waals surface area contributed by atoms with Gasteiger partial charge in [-0.25, -0.2) is 4.39 Å². The fourth-order valence-corrected chi connectivity index (χ4v) is 3.66. The Bertz CT molecular complexity index is 545. The third kappa shape index (κ3) is 2.66. The van der Waals surface area contributed by atoms with Gasteiger partial charge in [-0.1, -0.05) is 17.7 Å². The lowest BCUT2D eigenvalue weighted by Gasteiger charge is -2.16. The summed E-state index contributed by atoms with van der Waals surface area (Å²) in [5.41, 5.74) is 2.95. The molecule has 18 heavy (non-hydrogen) atoms. The Morgan fingerprint density at radius 1 is 1.28 bits per heavy atom. The maximum Gasteiger partial charge on any atom is 0.128 e. The molecular formula is C14H15BrFNS. The smallest absolute Gasteiger partial charge is 0.128 e. The Hall–Kier alpha value is -0.710. The number of hydrogen-bond donors (Lipinski definition) is 1. The summed E-state index contributed by atoms with van der Waals surface area (Å²) in [6.45, 7) is 4.02. The average Bonchev–Trinajstić information content (AvgIpc) is 2.65. The van der Waals surface area contributed by atoms with E-state index in [1.807, 2.05) is 27.0 Å². The molecule has 0 amide bonds. The first-order chi connectivity index (χ1) is 8.52. The monoisotopic (exact) mass is 327 g/mol. The summed E-state index contributed by atoms with van der Waals surface area (Å²) < 4.78 is 15.1. The van der Waals surface area contributed by atoms with Gasteiger partial charge in [-0.3, -0.25) is 0 Å². The van der Waals surface area contributed by atoms with Crippen LogP contribution in [0.15, 0.2) is 28.1 Å². The van der Waals surface area contributed by atoms with Gasteiger partial charge in [0.05, 0.1) is 9.83 Å². The largest absolute Gasteiger partial charge is 0.309 e. The quantitative estimate of drug-likeness (QED) is 0.870. The van der Waals surface area contributed by atoms with Crippen LogP contribution in [0.5, 0.6) is 0 Å². The van der Waals surface area contributed by atoms with Gasteiger partial charge in [0.25, 0.3) is 0 Å². The molecule has 0 saturated carbocycles. The Labute approximate surface area is 119 Å². The number of halogens is 2. The molecule has 1 unspecified atom stereocenters. The number of rotatable bonds is 3. The molecule has 1 N–H and O–H groups in total. The average molecular weight is 328 g/mol. The highest BCUT2D eigenvalue weighted by molar-refractivity contribution is 9.11. The van der Waals surface area contributed by atoms with E-state index in [0.29, 0.717) is 5.56 Å². The van der Waals surface area contributed by atoms with Crippen molar-refractivity contribution in [1.82, 2.24) is 5.32 Å². The van der Waals surface area contributed by atoms with Crippen LogP contribution < -0.4 is 5.32 Å². The van der Waals surface area contributed by atoms with E-state index in [0.717, 1.165) is 14.2 Å². The molecule has 0 bridgehead atoms. The second kappa shape index (κ2) is 5.51. The van der Waals surface area contributed by atoms with Gasteiger partial charge in [0.15, 0.2) is 0 Å². The highest BCUT2D eigenvalue weighted by Crippen LogP contribution is 2.35. The third-order valence-electron chi connectivity index (χ3n) is 2.91. The first-order valence-corrected chi connectivity index (χ1v) is 7.33. The van der Waals surface area contributed by atoms with Crippen molar-refractivity contribution in [2.75, 3.05) is 7.05 Å². The van der Waals surface area contributed by atoms with Crippen LogP contribution in [-0.2, 0) is 0 Å². The van der Waals surface area contributed by atoms with Gasteiger partial charge in [-0.05, 0) is 54.5 Å². The Balaban J connectivity index is 2.48. The normalized spacial score (nSPS) is 12.7. The van der Waals surface area contributed by atoms with E-state index in [1.54, 1.807) is 17.4 Å². The van der Waals surface area contributed by atoms with E-state index in [9.17, 15) is 4.39 Å². The van der Waals surface area contributed by atoms with Gasteiger partial charge < -0.3 is 5.32 Å². The molecular weight excluding hydrogens is 313 g/mol. The van der Waals surface area contributed by atoms with Crippen molar-refractivity contribution < 1.29 is 4.39 Å². The molecule has 0 aliphatic rings. The van der Waals surface area contributed by atoms with Crippen LogP contribution >= 0.6 is 27.3 Å². The van der Waals surface area contributed by atoms with Crippen molar-refractivity contribution in [3.05, 3.63) is 55.4 Å². The number of aryl methyl sites for hydroxylation is 2. The Morgan fingerprint density at radius 2 is 2.00 bits per heavy atom. The molecule has 1 nitrogen and oxygen atoms in total. The molecule has 1 aromatic carbocycles. The summed E-state index contributed by atoms with van der Waals surface area (Å²) in [7, 11) is 1.86. The second-order valence-electron chi connectivity index (χ2n) is 4.35. The molecule has 1 atom stereocenters. The highest BCUT2D eigenvalue weighted by atomic mass is 79.9. The molecule has 0 saturated heterocycles. The van der Waals surface area contributed by atoms with E-state index in [2.05, 4.69) is 27.3 Å². The summed E-state index contributed by atoms with van der Waals surface area (Å²) in [6, 6.07) is 7.22. The van der Waals surface area contributed by atoms with Gasteiger partial charge >= 0.3 is 0 Å². The number of benzene rings is 1. The van der Waals surface area contributed by atoms with E-state index in [4.69, 9.17) is 0 Å². The van der Waals surface area contributed by atoms with E-state index in [-0.39, 0.29) is 11.9 Å². The van der Waals surface area contributed by atoms with Crippen molar-refractivity contribution in [2.45, 2.75) is 19.9 Å². The molecule has 0 spiro atoms. The summed E-state index contributed by atoms with van der Waals surface area (Å²) in [6.07, 6.45) is 0. The Kier molecular flexibility index (Phi) is 4.20. The first-order valence-electron chi connectivity index (χ1n) is 5.72. The van der Waals surface area contributed by atoms with E-state index < -0.39 is 0 Å². The predicted molar refractivity (Wildman–Crippen MR) is 78.8 cm³/mol. The van der Waals surface area contributed by atoms with Crippen LogP contribution in [0.3, 0.4) is 0 Å². The molecule has 0 radical (unpaired) electrons. The fraction of sp³-hybridized carbons (Fsp3) is 0.286. The minimum absolute atomic E-state index is 0.0973. The van der Waals surface area contributed by atoms with Crippen molar-refractivity contribution in [1.29, 1.82) is 0 Å². The van der Waals surface area contributed by atoms with Crippen molar-refractivity contribution in [2.24, 2.45) is 0 Å². The van der Waals surface area contributed by atoms with Gasteiger partial charge in [0, 0.05) is 10.4 Å². The molecule has 1 heterocycles. The molecule has 96 valence electrons. The first kappa shape index (κ1) is 13.7. The minimum atomic E-state index is -0.165. The van der Waals surface area contributed by atoms with Gasteiger partial charge in [0.1, 0.15) is 5.82 Å².